The highest BCUT2D eigenvalue weighted by atomic mass is 19.4. The molecule has 1 heterocycles. The molecule has 1 atom stereocenters. The molecule has 0 aromatic rings. The maximum atomic E-state index is 12.1. The van der Waals surface area contributed by atoms with Crippen LogP contribution in [0.4, 0.5) is 18.0 Å². The smallest absolute Gasteiger partial charge is 0.336 e. The molecule has 0 unspecified atom stereocenters. The molecule has 0 saturated carbocycles. The monoisotopic (exact) mass is 210 g/mol. The lowest BCUT2D eigenvalue weighted by atomic mass is 10.0. The van der Waals surface area contributed by atoms with Crippen molar-refractivity contribution in [3.63, 3.8) is 0 Å². The molecule has 1 aliphatic heterocycles. The average Bonchev–Trinajstić information content (AvgIpc) is 2.29. The molecule has 82 valence electrons. The second-order valence-corrected chi connectivity index (χ2v) is 3.74. The van der Waals surface area contributed by atoms with Crippen LogP contribution in [0.15, 0.2) is 0 Å². The Bertz CT molecular complexity index is 227. The number of rotatable bonds is 2. The number of carbonyl (C=O) groups excluding carboxylic acids is 1. The van der Waals surface area contributed by atoms with Crippen LogP contribution in [0.5, 0.6) is 0 Å². The van der Waals surface area contributed by atoms with Gasteiger partial charge in [-0.25, -0.2) is 4.79 Å². The Kier molecular flexibility index (Phi) is 2.92. The second kappa shape index (κ2) is 3.67. The zero-order chi connectivity index (χ0) is 10.9. The topological polar surface area (TPSA) is 32.3 Å². The van der Waals surface area contributed by atoms with Crippen molar-refractivity contribution in [1.82, 2.24) is 10.2 Å². The van der Waals surface area contributed by atoms with E-state index in [9.17, 15) is 18.0 Å². The van der Waals surface area contributed by atoms with Gasteiger partial charge in [0.05, 0.1) is 6.04 Å². The molecule has 14 heavy (non-hydrogen) atoms. The lowest BCUT2D eigenvalue weighted by Gasteiger charge is -2.26. The molecular weight excluding hydrogens is 197 g/mol. The van der Waals surface area contributed by atoms with Gasteiger partial charge in [-0.05, 0) is 5.92 Å². The Labute approximate surface area is 80.3 Å². The lowest BCUT2D eigenvalue weighted by molar-refractivity contribution is -0.142. The minimum Gasteiger partial charge on any atom is -0.336 e. The zero-order valence-electron chi connectivity index (χ0n) is 8.06. The number of halogens is 3. The Morgan fingerprint density at radius 1 is 1.57 bits per heavy atom. The van der Waals surface area contributed by atoms with Gasteiger partial charge in [0.25, 0.3) is 0 Å². The molecule has 1 rings (SSSR count). The van der Waals surface area contributed by atoms with E-state index < -0.39 is 18.8 Å². The van der Waals surface area contributed by atoms with Crippen molar-refractivity contribution in [3.05, 3.63) is 0 Å². The van der Waals surface area contributed by atoms with Crippen LogP contribution in [0.1, 0.15) is 13.8 Å². The molecule has 0 aliphatic carbocycles. The Balaban J connectivity index is 2.68. The van der Waals surface area contributed by atoms with Crippen LogP contribution < -0.4 is 5.32 Å². The summed E-state index contributed by atoms with van der Waals surface area (Å²) in [5, 5.41) is 2.41. The van der Waals surface area contributed by atoms with Crippen LogP contribution in [0, 0.1) is 5.92 Å². The predicted molar refractivity (Wildman–Crippen MR) is 44.8 cm³/mol. The van der Waals surface area contributed by atoms with Crippen molar-refractivity contribution in [2.45, 2.75) is 26.1 Å². The van der Waals surface area contributed by atoms with Gasteiger partial charge in [0.1, 0.15) is 6.54 Å². The van der Waals surface area contributed by atoms with Gasteiger partial charge in [0, 0.05) is 6.54 Å². The van der Waals surface area contributed by atoms with Crippen molar-refractivity contribution in [3.8, 4) is 0 Å². The standard InChI is InChI=1S/C8H13F3N2O/c1-5(2)6-3-12-7(14)13(6)4-8(9,10)11/h5-6H,3-4H2,1-2H3,(H,12,14)/t6-/m0/s1. The van der Waals surface area contributed by atoms with Crippen molar-refractivity contribution in [2.75, 3.05) is 13.1 Å². The molecule has 0 spiro atoms. The number of hydrogen-bond acceptors (Lipinski definition) is 1. The van der Waals surface area contributed by atoms with Gasteiger partial charge in [-0.3, -0.25) is 0 Å². The van der Waals surface area contributed by atoms with Crippen molar-refractivity contribution in [1.29, 1.82) is 0 Å². The summed E-state index contributed by atoms with van der Waals surface area (Å²) >= 11 is 0. The Morgan fingerprint density at radius 2 is 2.14 bits per heavy atom. The van der Waals surface area contributed by atoms with E-state index >= 15 is 0 Å². The number of urea groups is 1. The van der Waals surface area contributed by atoms with Crippen LogP contribution in [-0.4, -0.2) is 36.2 Å². The van der Waals surface area contributed by atoms with Crippen LogP contribution >= 0.6 is 0 Å². The molecule has 0 radical (unpaired) electrons. The van der Waals surface area contributed by atoms with Gasteiger partial charge in [0.15, 0.2) is 0 Å². The minimum atomic E-state index is -4.32. The molecule has 6 heteroatoms. The molecule has 3 nitrogen and oxygen atoms in total. The lowest BCUT2D eigenvalue weighted by Crippen LogP contribution is -2.43. The number of nitrogens with zero attached hydrogens (tertiary/aromatic N) is 1. The molecule has 1 saturated heterocycles. The highest BCUT2D eigenvalue weighted by Crippen LogP contribution is 2.22. The third-order valence-corrected chi connectivity index (χ3v) is 2.24. The summed E-state index contributed by atoms with van der Waals surface area (Å²) in [6.07, 6.45) is -4.32. The summed E-state index contributed by atoms with van der Waals surface area (Å²) in [6, 6.07) is -0.981. The van der Waals surface area contributed by atoms with E-state index in [1.165, 1.54) is 0 Å². The SMILES string of the molecule is CC(C)[C@@H]1CNC(=O)N1CC(F)(F)F. The molecule has 1 fully saturated rings. The Hall–Kier alpha value is -0.940. The van der Waals surface area contributed by atoms with E-state index in [4.69, 9.17) is 0 Å². The first kappa shape index (κ1) is 11.1. The summed E-state index contributed by atoms with van der Waals surface area (Å²) < 4.78 is 36.3. The quantitative estimate of drug-likeness (QED) is 0.737. The summed E-state index contributed by atoms with van der Waals surface area (Å²) in [5.41, 5.74) is 0. The third kappa shape index (κ3) is 2.52. The summed E-state index contributed by atoms with van der Waals surface area (Å²) in [4.78, 5) is 11.9. The van der Waals surface area contributed by atoms with Gasteiger partial charge in [-0.2, -0.15) is 13.2 Å². The number of nitrogens with one attached hydrogen (secondary N) is 1. The molecule has 1 aliphatic rings. The van der Waals surface area contributed by atoms with E-state index in [2.05, 4.69) is 5.32 Å². The largest absolute Gasteiger partial charge is 0.406 e. The van der Waals surface area contributed by atoms with E-state index in [1.807, 2.05) is 0 Å². The van der Waals surface area contributed by atoms with Crippen LogP contribution in [-0.2, 0) is 0 Å². The normalized spacial score (nSPS) is 23.1. The van der Waals surface area contributed by atoms with Crippen molar-refractivity contribution < 1.29 is 18.0 Å². The number of alkyl halides is 3. The van der Waals surface area contributed by atoms with Crippen LogP contribution in [0.2, 0.25) is 0 Å². The third-order valence-electron chi connectivity index (χ3n) is 2.24. The van der Waals surface area contributed by atoms with Crippen molar-refractivity contribution >= 4 is 6.03 Å². The van der Waals surface area contributed by atoms with Crippen molar-refractivity contribution in [2.24, 2.45) is 5.92 Å². The molecular formula is C8H13F3N2O. The molecule has 2 amide bonds. The highest BCUT2D eigenvalue weighted by Gasteiger charge is 2.40. The molecule has 0 bridgehead atoms. The maximum Gasteiger partial charge on any atom is 0.406 e. The molecule has 0 aromatic carbocycles. The summed E-state index contributed by atoms with van der Waals surface area (Å²) in [7, 11) is 0. The first-order valence-corrected chi connectivity index (χ1v) is 4.42. The first-order chi connectivity index (χ1) is 6.31. The van der Waals surface area contributed by atoms with E-state index in [0.29, 0.717) is 6.54 Å². The van der Waals surface area contributed by atoms with Gasteiger partial charge < -0.3 is 10.2 Å². The fourth-order valence-corrected chi connectivity index (χ4v) is 1.53. The van der Waals surface area contributed by atoms with E-state index in [0.717, 1.165) is 4.90 Å². The maximum absolute atomic E-state index is 12.1. The molecule has 0 aromatic heterocycles. The van der Waals surface area contributed by atoms with Gasteiger partial charge in [-0.15, -0.1) is 0 Å². The van der Waals surface area contributed by atoms with Crippen LogP contribution in [0.25, 0.3) is 0 Å². The average molecular weight is 210 g/mol. The fraction of sp³-hybridized carbons (Fsp3) is 0.875. The summed E-state index contributed by atoms with van der Waals surface area (Å²) in [5.74, 6) is 0.0244. The number of carbonyl (C=O) groups is 1. The minimum absolute atomic E-state index is 0.0244. The number of amides is 2. The number of hydrogen-bond donors (Lipinski definition) is 1. The zero-order valence-corrected chi connectivity index (χ0v) is 8.06. The van der Waals surface area contributed by atoms with Gasteiger partial charge >= 0.3 is 12.2 Å². The summed E-state index contributed by atoms with van der Waals surface area (Å²) in [6.45, 7) is 2.73. The van der Waals surface area contributed by atoms with E-state index in [1.54, 1.807) is 13.8 Å². The Morgan fingerprint density at radius 3 is 2.57 bits per heavy atom. The molecule has 1 N–H and O–H groups in total. The fourth-order valence-electron chi connectivity index (χ4n) is 1.53. The van der Waals surface area contributed by atoms with Crippen LogP contribution in [0.3, 0.4) is 0 Å². The van der Waals surface area contributed by atoms with E-state index in [-0.39, 0.29) is 12.0 Å². The van der Waals surface area contributed by atoms with Gasteiger partial charge in [0.2, 0.25) is 0 Å². The first-order valence-electron chi connectivity index (χ1n) is 4.42. The second-order valence-electron chi connectivity index (χ2n) is 3.74. The van der Waals surface area contributed by atoms with Gasteiger partial charge in [-0.1, -0.05) is 13.8 Å². The highest BCUT2D eigenvalue weighted by molar-refractivity contribution is 5.77. The predicted octanol–water partition coefficient (Wildman–Crippen LogP) is 1.60.